The fourth-order valence-corrected chi connectivity index (χ4v) is 2.75. The van der Waals surface area contributed by atoms with E-state index >= 15 is 0 Å². The average molecular weight is 262 g/mol. The molecule has 0 radical (unpaired) electrons. The van der Waals surface area contributed by atoms with Gasteiger partial charge in [0.05, 0.1) is 11.6 Å². The smallest absolute Gasteiger partial charge is 0.102 e. The van der Waals surface area contributed by atoms with E-state index in [4.69, 9.17) is 5.26 Å². The zero-order valence-electron chi connectivity index (χ0n) is 10.1. The zero-order chi connectivity index (χ0) is 13.1. The van der Waals surface area contributed by atoms with Crippen LogP contribution in [0.15, 0.2) is 70.7 Å². The van der Waals surface area contributed by atoms with E-state index in [-0.39, 0.29) is 0 Å². The highest BCUT2D eigenvalue weighted by molar-refractivity contribution is 7.99. The summed E-state index contributed by atoms with van der Waals surface area (Å²) in [4.78, 5) is 5.40. The lowest BCUT2D eigenvalue weighted by Crippen LogP contribution is -1.82. The van der Waals surface area contributed by atoms with E-state index < -0.39 is 0 Å². The maximum absolute atomic E-state index is 8.88. The van der Waals surface area contributed by atoms with Crippen LogP contribution in [0.5, 0.6) is 0 Å². The molecule has 0 unspecified atom stereocenters. The van der Waals surface area contributed by atoms with Gasteiger partial charge < -0.3 is 0 Å². The highest BCUT2D eigenvalue weighted by atomic mass is 32.2. The molecule has 1 aromatic heterocycles. The summed E-state index contributed by atoms with van der Waals surface area (Å²) in [5.41, 5.74) is 0.637. The number of hydrogen-bond donors (Lipinski definition) is 0. The van der Waals surface area contributed by atoms with Gasteiger partial charge in [-0.25, -0.2) is 4.98 Å². The zero-order valence-corrected chi connectivity index (χ0v) is 10.9. The minimum atomic E-state index is 0.637. The van der Waals surface area contributed by atoms with Gasteiger partial charge in [-0.2, -0.15) is 5.26 Å². The maximum Gasteiger partial charge on any atom is 0.102 e. The van der Waals surface area contributed by atoms with Crippen molar-refractivity contribution >= 4 is 22.5 Å². The Morgan fingerprint density at radius 3 is 2.63 bits per heavy atom. The van der Waals surface area contributed by atoms with Crippen LogP contribution < -0.4 is 0 Å². The number of aromatic nitrogens is 1. The van der Waals surface area contributed by atoms with Gasteiger partial charge >= 0.3 is 0 Å². The fourth-order valence-electron chi connectivity index (χ4n) is 1.89. The van der Waals surface area contributed by atoms with E-state index in [2.05, 4.69) is 41.4 Å². The number of nitrogens with zero attached hydrogens (tertiary/aromatic N) is 2. The van der Waals surface area contributed by atoms with Gasteiger partial charge in [-0.1, -0.05) is 42.1 Å². The Labute approximate surface area is 115 Å². The highest BCUT2D eigenvalue weighted by Crippen LogP contribution is 2.29. The molecule has 0 aliphatic heterocycles. The van der Waals surface area contributed by atoms with E-state index in [9.17, 15) is 0 Å². The van der Waals surface area contributed by atoms with E-state index in [1.165, 1.54) is 10.8 Å². The third kappa shape index (κ3) is 2.59. The van der Waals surface area contributed by atoms with Crippen LogP contribution in [-0.2, 0) is 0 Å². The second-order valence-corrected chi connectivity index (χ2v) is 5.20. The monoisotopic (exact) mass is 262 g/mol. The first-order valence-corrected chi connectivity index (χ1v) is 6.69. The predicted octanol–water partition coefficient (Wildman–Crippen LogP) is 4.26. The van der Waals surface area contributed by atoms with Crippen molar-refractivity contribution in [2.45, 2.75) is 9.92 Å². The van der Waals surface area contributed by atoms with Gasteiger partial charge in [-0.15, -0.1) is 0 Å². The number of pyridine rings is 1. The van der Waals surface area contributed by atoms with Crippen LogP contribution in [0.3, 0.4) is 0 Å². The van der Waals surface area contributed by atoms with Crippen LogP contribution in [0, 0.1) is 11.3 Å². The normalized spacial score (nSPS) is 10.3. The SMILES string of the molecule is N#Cc1ccnc(Sc2ccc3ccccc3c2)c1. The summed E-state index contributed by atoms with van der Waals surface area (Å²) in [5, 5.41) is 12.2. The summed E-state index contributed by atoms with van der Waals surface area (Å²) < 4.78 is 0. The summed E-state index contributed by atoms with van der Waals surface area (Å²) in [6.07, 6.45) is 1.67. The summed E-state index contributed by atoms with van der Waals surface area (Å²) in [5.74, 6) is 0. The molecule has 0 N–H and O–H groups in total. The third-order valence-electron chi connectivity index (χ3n) is 2.81. The third-order valence-corrected chi connectivity index (χ3v) is 3.73. The van der Waals surface area contributed by atoms with Crippen molar-refractivity contribution in [2.24, 2.45) is 0 Å². The Kier molecular flexibility index (Phi) is 3.18. The first-order chi connectivity index (χ1) is 9.35. The Balaban J connectivity index is 1.94. The van der Waals surface area contributed by atoms with Gasteiger partial charge in [0.1, 0.15) is 5.03 Å². The first kappa shape index (κ1) is 11.8. The lowest BCUT2D eigenvalue weighted by Gasteiger charge is -2.03. The molecule has 0 saturated heterocycles. The van der Waals surface area contributed by atoms with Crippen molar-refractivity contribution in [2.75, 3.05) is 0 Å². The van der Waals surface area contributed by atoms with Crippen molar-refractivity contribution < 1.29 is 0 Å². The summed E-state index contributed by atoms with van der Waals surface area (Å²) in [6, 6.07) is 20.2. The Hall–Kier alpha value is -2.31. The topological polar surface area (TPSA) is 36.7 Å². The van der Waals surface area contributed by atoms with Crippen molar-refractivity contribution in [1.82, 2.24) is 4.98 Å². The lowest BCUT2D eigenvalue weighted by molar-refractivity contribution is 1.12. The molecule has 0 amide bonds. The van der Waals surface area contributed by atoms with Crippen molar-refractivity contribution in [3.63, 3.8) is 0 Å². The molecule has 3 aromatic rings. The second-order valence-electron chi connectivity index (χ2n) is 4.11. The molecule has 0 atom stereocenters. The number of hydrogen-bond acceptors (Lipinski definition) is 3. The van der Waals surface area contributed by atoms with Crippen LogP contribution in [0.1, 0.15) is 5.56 Å². The molecular weight excluding hydrogens is 252 g/mol. The molecule has 0 saturated carbocycles. The molecule has 0 aliphatic carbocycles. The molecule has 0 aliphatic rings. The van der Waals surface area contributed by atoms with Crippen LogP contribution in [-0.4, -0.2) is 4.98 Å². The van der Waals surface area contributed by atoms with Gasteiger partial charge in [0, 0.05) is 11.1 Å². The van der Waals surface area contributed by atoms with E-state index in [1.807, 2.05) is 12.1 Å². The lowest BCUT2D eigenvalue weighted by atomic mass is 10.1. The molecule has 3 rings (SSSR count). The molecule has 3 heteroatoms. The maximum atomic E-state index is 8.88. The second kappa shape index (κ2) is 5.13. The quantitative estimate of drug-likeness (QED) is 0.692. The molecule has 90 valence electrons. The van der Waals surface area contributed by atoms with E-state index in [0.717, 1.165) is 9.92 Å². The van der Waals surface area contributed by atoms with Crippen LogP contribution in [0.25, 0.3) is 10.8 Å². The van der Waals surface area contributed by atoms with Gasteiger partial charge in [0.2, 0.25) is 0 Å². The number of fused-ring (bicyclic) bond motifs is 1. The van der Waals surface area contributed by atoms with Gasteiger partial charge in [0.25, 0.3) is 0 Å². The van der Waals surface area contributed by atoms with Crippen LogP contribution in [0.4, 0.5) is 0 Å². The Bertz CT molecular complexity index is 775. The molecule has 0 bridgehead atoms. The molecular formula is C16H10N2S. The fraction of sp³-hybridized carbons (Fsp3) is 0. The highest BCUT2D eigenvalue weighted by Gasteiger charge is 2.01. The minimum absolute atomic E-state index is 0.637. The van der Waals surface area contributed by atoms with Crippen LogP contribution >= 0.6 is 11.8 Å². The first-order valence-electron chi connectivity index (χ1n) is 5.88. The van der Waals surface area contributed by atoms with E-state index in [0.29, 0.717) is 5.56 Å². The number of nitriles is 1. The van der Waals surface area contributed by atoms with Crippen LogP contribution in [0.2, 0.25) is 0 Å². The van der Waals surface area contributed by atoms with Crippen molar-refractivity contribution in [3.05, 3.63) is 66.4 Å². The molecule has 19 heavy (non-hydrogen) atoms. The van der Waals surface area contributed by atoms with Gasteiger partial charge in [-0.3, -0.25) is 0 Å². The average Bonchev–Trinajstić information content (AvgIpc) is 2.47. The van der Waals surface area contributed by atoms with Crippen molar-refractivity contribution in [3.8, 4) is 6.07 Å². The summed E-state index contributed by atoms with van der Waals surface area (Å²) in [6.45, 7) is 0. The summed E-state index contributed by atoms with van der Waals surface area (Å²) in [7, 11) is 0. The van der Waals surface area contributed by atoms with Gasteiger partial charge in [-0.05, 0) is 35.0 Å². The molecule has 1 heterocycles. The number of rotatable bonds is 2. The van der Waals surface area contributed by atoms with Gasteiger partial charge in [0.15, 0.2) is 0 Å². The Morgan fingerprint density at radius 1 is 0.947 bits per heavy atom. The summed E-state index contributed by atoms with van der Waals surface area (Å²) >= 11 is 1.57. The molecule has 2 aromatic carbocycles. The largest absolute Gasteiger partial charge is 0.250 e. The Morgan fingerprint density at radius 2 is 1.79 bits per heavy atom. The molecule has 0 fully saturated rings. The standard InChI is InChI=1S/C16H10N2S/c17-11-12-7-8-18-16(9-12)19-15-6-5-13-3-1-2-4-14(13)10-15/h1-10H. The minimum Gasteiger partial charge on any atom is -0.250 e. The van der Waals surface area contributed by atoms with Crippen molar-refractivity contribution in [1.29, 1.82) is 5.26 Å². The molecule has 2 nitrogen and oxygen atoms in total. The number of benzene rings is 2. The predicted molar refractivity (Wildman–Crippen MR) is 77.0 cm³/mol. The molecule has 0 spiro atoms. The van der Waals surface area contributed by atoms with E-state index in [1.54, 1.807) is 30.1 Å².